The first kappa shape index (κ1) is 31.2. The van der Waals surface area contributed by atoms with Crippen LogP contribution < -0.4 is 19.7 Å². The number of nitrogens with one attached hydrogen (secondary N) is 1. The van der Waals surface area contributed by atoms with Gasteiger partial charge < -0.3 is 19.5 Å². The number of benzene rings is 3. The van der Waals surface area contributed by atoms with Crippen molar-refractivity contribution in [1.29, 1.82) is 0 Å². The summed E-state index contributed by atoms with van der Waals surface area (Å²) in [6.45, 7) is 4.91. The summed E-state index contributed by atoms with van der Waals surface area (Å²) in [6.07, 6.45) is 0.674. The Kier molecular flexibility index (Phi) is 9.92. The van der Waals surface area contributed by atoms with Crippen LogP contribution in [0.15, 0.2) is 66.7 Å². The number of amides is 2. The highest BCUT2D eigenvalue weighted by molar-refractivity contribution is 8.00. The van der Waals surface area contributed by atoms with Crippen molar-refractivity contribution < 1.29 is 23.8 Å². The number of thioether (sulfide) groups is 1. The van der Waals surface area contributed by atoms with E-state index in [0.29, 0.717) is 36.9 Å². The van der Waals surface area contributed by atoms with Gasteiger partial charge >= 0.3 is 0 Å². The van der Waals surface area contributed by atoms with Crippen molar-refractivity contribution in [2.45, 2.75) is 25.5 Å². The van der Waals surface area contributed by atoms with Gasteiger partial charge in [-0.2, -0.15) is 5.10 Å². The summed E-state index contributed by atoms with van der Waals surface area (Å²) in [5.41, 5.74) is 6.25. The number of nitrogens with zero attached hydrogens (tertiary/aromatic N) is 3. The van der Waals surface area contributed by atoms with E-state index < -0.39 is 0 Å². The van der Waals surface area contributed by atoms with Gasteiger partial charge in [-0.1, -0.05) is 48.0 Å². The van der Waals surface area contributed by atoms with Crippen LogP contribution in [0, 0.1) is 13.8 Å². The first-order valence-corrected chi connectivity index (χ1v) is 15.6. The van der Waals surface area contributed by atoms with Gasteiger partial charge in [-0.05, 0) is 50.1 Å². The summed E-state index contributed by atoms with van der Waals surface area (Å²) in [4.78, 5) is 28.9. The molecule has 1 aliphatic rings. The van der Waals surface area contributed by atoms with E-state index in [1.807, 2.05) is 79.2 Å². The van der Waals surface area contributed by atoms with E-state index in [4.69, 9.17) is 19.3 Å². The fourth-order valence-corrected chi connectivity index (χ4v) is 6.69. The van der Waals surface area contributed by atoms with Gasteiger partial charge in [0, 0.05) is 37.0 Å². The van der Waals surface area contributed by atoms with E-state index in [2.05, 4.69) is 11.4 Å². The molecule has 0 saturated heterocycles. The Bertz CT molecular complexity index is 1640. The van der Waals surface area contributed by atoms with Crippen LogP contribution in [-0.4, -0.2) is 68.4 Å². The summed E-state index contributed by atoms with van der Waals surface area (Å²) >= 11 is 1.49. The number of methoxy groups -OCH3 is 3. The lowest BCUT2D eigenvalue weighted by atomic mass is 9.98. The molecule has 0 fully saturated rings. The highest BCUT2D eigenvalue weighted by Gasteiger charge is 2.39. The van der Waals surface area contributed by atoms with Gasteiger partial charge in [0.25, 0.3) is 0 Å². The quantitative estimate of drug-likeness (QED) is 0.223. The van der Waals surface area contributed by atoms with Crippen LogP contribution in [0.25, 0.3) is 16.9 Å². The third-order valence-corrected chi connectivity index (χ3v) is 8.82. The summed E-state index contributed by atoms with van der Waals surface area (Å²) in [6, 6.07) is 21.7. The number of carbonyl (C=O) groups excluding carboxylic acids is 2. The van der Waals surface area contributed by atoms with Crippen LogP contribution in [-0.2, 0) is 14.3 Å². The fourth-order valence-electron chi connectivity index (χ4n) is 5.47. The maximum Gasteiger partial charge on any atom is 0.240 e. The zero-order valence-electron chi connectivity index (χ0n) is 25.8. The van der Waals surface area contributed by atoms with Crippen LogP contribution >= 0.6 is 11.8 Å². The van der Waals surface area contributed by atoms with Crippen molar-refractivity contribution in [2.24, 2.45) is 0 Å². The van der Waals surface area contributed by atoms with Crippen LogP contribution in [0.4, 0.5) is 5.82 Å². The number of aryl methyl sites for hydroxylation is 2. The number of hydrogen-bond donors (Lipinski definition) is 1. The number of anilines is 1. The van der Waals surface area contributed by atoms with Gasteiger partial charge in [0.15, 0.2) is 0 Å². The predicted molar refractivity (Wildman–Crippen MR) is 174 cm³/mol. The molecule has 0 spiro atoms. The Morgan fingerprint density at radius 3 is 2.52 bits per heavy atom. The van der Waals surface area contributed by atoms with E-state index in [-0.39, 0.29) is 29.4 Å². The molecule has 4 aromatic rings. The molecule has 1 atom stereocenters. The van der Waals surface area contributed by atoms with E-state index in [0.717, 1.165) is 39.2 Å². The minimum absolute atomic E-state index is 0.147. The molecule has 1 aliphatic heterocycles. The van der Waals surface area contributed by atoms with Crippen molar-refractivity contribution in [1.82, 2.24) is 15.1 Å². The molecule has 44 heavy (non-hydrogen) atoms. The summed E-state index contributed by atoms with van der Waals surface area (Å²) in [5.74, 6) is 1.62. The molecule has 1 aromatic heterocycles. The number of aromatic nitrogens is 2. The number of carbonyl (C=O) groups is 2. The Labute approximate surface area is 262 Å². The molecule has 0 saturated carbocycles. The second kappa shape index (κ2) is 14.0. The minimum Gasteiger partial charge on any atom is -0.497 e. The number of hydrogen-bond acceptors (Lipinski definition) is 7. The number of ether oxygens (including phenoxy) is 3. The predicted octanol–water partition coefficient (Wildman–Crippen LogP) is 5.50. The summed E-state index contributed by atoms with van der Waals surface area (Å²) in [5, 5.41) is 7.79. The SMILES string of the molecule is COCCCNC(=O)CN1C(=O)CS[C@H](c2cc(OC)ccc2OC)c2c(-c3ccccc3)nn(-c3ccc(C)cc3C)c21. The Balaban J connectivity index is 1.78. The third-order valence-electron chi connectivity index (χ3n) is 7.59. The molecular formula is C34H38N4O5S. The Morgan fingerprint density at radius 1 is 1.02 bits per heavy atom. The first-order chi connectivity index (χ1) is 21.4. The maximum absolute atomic E-state index is 14.0. The van der Waals surface area contributed by atoms with Crippen molar-refractivity contribution >= 4 is 29.4 Å². The number of fused-ring (bicyclic) bond motifs is 1. The van der Waals surface area contributed by atoms with E-state index in [9.17, 15) is 9.59 Å². The highest BCUT2D eigenvalue weighted by atomic mass is 32.2. The Hall–Kier alpha value is -4.28. The first-order valence-electron chi connectivity index (χ1n) is 14.5. The molecule has 2 heterocycles. The summed E-state index contributed by atoms with van der Waals surface area (Å²) in [7, 11) is 4.89. The smallest absolute Gasteiger partial charge is 0.240 e. The molecule has 10 heteroatoms. The Morgan fingerprint density at radius 2 is 1.82 bits per heavy atom. The molecule has 2 amide bonds. The molecule has 3 aromatic carbocycles. The second-order valence-electron chi connectivity index (χ2n) is 10.6. The summed E-state index contributed by atoms with van der Waals surface area (Å²) < 4.78 is 18.4. The topological polar surface area (TPSA) is 94.9 Å². The minimum atomic E-state index is -0.358. The largest absolute Gasteiger partial charge is 0.497 e. The molecule has 5 rings (SSSR count). The van der Waals surface area contributed by atoms with Crippen LogP contribution in [0.1, 0.15) is 33.9 Å². The average molecular weight is 615 g/mol. The zero-order chi connectivity index (χ0) is 31.2. The highest BCUT2D eigenvalue weighted by Crippen LogP contribution is 2.51. The third kappa shape index (κ3) is 6.46. The molecule has 9 nitrogen and oxygen atoms in total. The number of rotatable bonds is 11. The maximum atomic E-state index is 14.0. The van der Waals surface area contributed by atoms with Crippen LogP contribution in [0.5, 0.6) is 11.5 Å². The van der Waals surface area contributed by atoms with Gasteiger partial charge in [-0.3, -0.25) is 14.5 Å². The lowest BCUT2D eigenvalue weighted by Gasteiger charge is -2.24. The van der Waals surface area contributed by atoms with Gasteiger partial charge in [-0.15, -0.1) is 11.8 Å². The van der Waals surface area contributed by atoms with Crippen molar-refractivity contribution in [2.75, 3.05) is 51.7 Å². The zero-order valence-corrected chi connectivity index (χ0v) is 26.6. The van der Waals surface area contributed by atoms with Crippen molar-refractivity contribution in [3.05, 3.63) is 89.0 Å². The molecule has 1 N–H and O–H groups in total. The van der Waals surface area contributed by atoms with Crippen molar-refractivity contribution in [3.63, 3.8) is 0 Å². The lowest BCUT2D eigenvalue weighted by molar-refractivity contribution is -0.122. The van der Waals surface area contributed by atoms with Gasteiger partial charge in [0.1, 0.15) is 23.9 Å². The second-order valence-corrected chi connectivity index (χ2v) is 11.7. The normalized spacial score (nSPS) is 14.6. The average Bonchev–Trinajstić information content (AvgIpc) is 3.35. The molecular weight excluding hydrogens is 576 g/mol. The lowest BCUT2D eigenvalue weighted by Crippen LogP contribution is -2.42. The molecule has 0 aliphatic carbocycles. The van der Waals surface area contributed by atoms with E-state index >= 15 is 0 Å². The van der Waals surface area contributed by atoms with Gasteiger partial charge in [-0.25, -0.2) is 4.68 Å². The molecule has 230 valence electrons. The standard InChI is InChI=1S/C34H38N4O5S/c1-22-12-14-27(23(2)18-22)38-34-31(32(36-38)24-10-7-6-8-11-24)33(26-19-25(42-4)13-15-28(26)43-5)44-21-30(40)37(34)20-29(39)35-16-9-17-41-3/h6-8,10-15,18-19,33H,9,16-17,20-21H2,1-5H3,(H,35,39)/t33-/m1/s1. The van der Waals surface area contributed by atoms with Gasteiger partial charge in [0.05, 0.1) is 36.6 Å². The monoisotopic (exact) mass is 614 g/mol. The van der Waals surface area contributed by atoms with Crippen molar-refractivity contribution in [3.8, 4) is 28.4 Å². The molecule has 0 bridgehead atoms. The van der Waals surface area contributed by atoms with Gasteiger partial charge in [0.2, 0.25) is 11.8 Å². The van der Waals surface area contributed by atoms with E-state index in [1.54, 1.807) is 26.2 Å². The fraction of sp³-hybridized carbons (Fsp3) is 0.324. The van der Waals surface area contributed by atoms with Crippen LogP contribution in [0.2, 0.25) is 0 Å². The molecule has 0 unspecified atom stereocenters. The molecule has 0 radical (unpaired) electrons. The van der Waals surface area contributed by atoms with Crippen LogP contribution in [0.3, 0.4) is 0 Å². The van der Waals surface area contributed by atoms with E-state index in [1.165, 1.54) is 11.8 Å².